The number of carbonyl (C=O) groups excluding carboxylic acids is 2. The Bertz CT molecular complexity index is 2300. The van der Waals surface area contributed by atoms with E-state index >= 15 is 0 Å². The minimum Gasteiger partial charge on any atom is -0.508 e. The summed E-state index contributed by atoms with van der Waals surface area (Å²) >= 11 is 0. The number of aromatic carboxylic acids is 1. The molecular formula is C43H49N2O12P. The fraction of sp³-hybridized carbons (Fsp3) is 0.349. The van der Waals surface area contributed by atoms with Gasteiger partial charge in [-0.3, -0.25) is 19.4 Å². The number of phosphoric acid groups is 1. The lowest BCUT2D eigenvalue weighted by Crippen LogP contribution is -2.23. The summed E-state index contributed by atoms with van der Waals surface area (Å²) in [5, 5.41) is 26.1. The fourth-order valence-corrected chi connectivity index (χ4v) is 7.17. The van der Waals surface area contributed by atoms with E-state index in [4.69, 9.17) is 13.7 Å². The number of anilines is 1. The lowest BCUT2D eigenvalue weighted by molar-refractivity contribution is -0.116. The van der Waals surface area contributed by atoms with E-state index in [9.17, 15) is 43.7 Å². The van der Waals surface area contributed by atoms with Crippen molar-refractivity contribution >= 4 is 42.4 Å². The quantitative estimate of drug-likeness (QED) is 0.0232. The molecule has 0 spiro atoms. The summed E-state index contributed by atoms with van der Waals surface area (Å²) < 4.78 is 27.6. The van der Waals surface area contributed by atoms with Crippen molar-refractivity contribution in [3.8, 4) is 33.9 Å². The SMILES string of the molecule is CCCCCCCCCCCCCC(=O)Nc1cc(COC(=O)NCc2ccc(-c3c4ccc(=O)cc-4oc4cc(O)ccc34)c(C(=O)O)c2)ccc1OP(=O)(O)O. The molecule has 0 radical (unpaired) electrons. The smallest absolute Gasteiger partial charge is 0.508 e. The normalized spacial score (nSPS) is 11.4. The van der Waals surface area contributed by atoms with Gasteiger partial charge in [0.05, 0.1) is 11.3 Å². The zero-order chi connectivity index (χ0) is 41.7. The van der Waals surface area contributed by atoms with E-state index in [0.29, 0.717) is 39.6 Å². The Morgan fingerprint density at radius 2 is 1.45 bits per heavy atom. The first-order valence-electron chi connectivity index (χ1n) is 19.5. The highest BCUT2D eigenvalue weighted by Crippen LogP contribution is 2.43. The number of carboxylic acid groups (broad SMARTS) is 1. The molecule has 3 aromatic rings. The summed E-state index contributed by atoms with van der Waals surface area (Å²) in [4.78, 5) is 69.0. The molecule has 1 aliphatic heterocycles. The van der Waals surface area contributed by atoms with Crippen LogP contribution in [0.3, 0.4) is 0 Å². The van der Waals surface area contributed by atoms with Crippen LogP contribution in [0, 0.1) is 0 Å². The second kappa shape index (κ2) is 20.6. The first-order chi connectivity index (χ1) is 27.8. The van der Waals surface area contributed by atoms with Crippen LogP contribution in [0.15, 0.2) is 82.0 Å². The molecule has 2 aliphatic rings. The number of carboxylic acids is 1. The number of alkyl carbamates (subject to hydrolysis) is 1. The van der Waals surface area contributed by atoms with Crippen molar-refractivity contribution < 1.29 is 52.6 Å². The summed E-state index contributed by atoms with van der Waals surface area (Å²) in [5.41, 5.74) is 1.98. The van der Waals surface area contributed by atoms with Crippen LogP contribution in [0.5, 0.6) is 11.5 Å². The Balaban J connectivity index is 1.19. The number of amides is 2. The maximum absolute atomic E-state index is 12.8. The Hall–Kier alpha value is -5.69. The molecule has 0 unspecified atom stereocenters. The van der Waals surface area contributed by atoms with Gasteiger partial charge in [-0.15, -0.1) is 0 Å². The summed E-state index contributed by atoms with van der Waals surface area (Å²) in [7, 11) is -4.96. The van der Waals surface area contributed by atoms with Crippen molar-refractivity contribution in [1.29, 1.82) is 0 Å². The van der Waals surface area contributed by atoms with E-state index in [1.807, 2.05) is 0 Å². The van der Waals surface area contributed by atoms with Gasteiger partial charge < -0.3 is 34.5 Å². The number of phenolic OH excluding ortho intramolecular Hbond substituents is 1. The van der Waals surface area contributed by atoms with Gasteiger partial charge in [-0.2, -0.15) is 0 Å². The molecule has 15 heteroatoms. The molecular weight excluding hydrogens is 767 g/mol. The second-order valence-corrected chi connectivity index (χ2v) is 15.3. The molecule has 0 aromatic heterocycles. The molecule has 0 atom stereocenters. The molecule has 14 nitrogen and oxygen atoms in total. The van der Waals surface area contributed by atoms with Gasteiger partial charge in [0.1, 0.15) is 23.7 Å². The van der Waals surface area contributed by atoms with Crippen molar-refractivity contribution in [1.82, 2.24) is 5.32 Å². The Labute approximate surface area is 335 Å². The zero-order valence-electron chi connectivity index (χ0n) is 32.3. The Kier molecular flexibility index (Phi) is 15.5. The van der Waals surface area contributed by atoms with E-state index in [0.717, 1.165) is 19.3 Å². The van der Waals surface area contributed by atoms with Gasteiger partial charge >= 0.3 is 19.9 Å². The second-order valence-electron chi connectivity index (χ2n) is 14.2. The number of phenols is 1. The van der Waals surface area contributed by atoms with E-state index in [-0.39, 0.29) is 65.0 Å². The summed E-state index contributed by atoms with van der Waals surface area (Å²) in [6.45, 7) is 1.83. The van der Waals surface area contributed by atoms with E-state index in [1.54, 1.807) is 24.3 Å². The minimum atomic E-state index is -4.96. The molecule has 0 bridgehead atoms. The number of benzene rings is 4. The molecule has 1 aliphatic carbocycles. The van der Waals surface area contributed by atoms with E-state index in [2.05, 4.69) is 17.6 Å². The van der Waals surface area contributed by atoms with Crippen LogP contribution in [0.25, 0.3) is 33.4 Å². The monoisotopic (exact) mass is 816 g/mol. The molecule has 2 amide bonds. The average molecular weight is 817 g/mol. The first kappa shape index (κ1) is 43.4. The zero-order valence-corrected chi connectivity index (χ0v) is 33.2. The lowest BCUT2D eigenvalue weighted by Gasteiger charge is -2.17. The third-order valence-electron chi connectivity index (χ3n) is 9.61. The van der Waals surface area contributed by atoms with Crippen molar-refractivity contribution in [3.05, 3.63) is 99.7 Å². The average Bonchev–Trinajstić information content (AvgIpc) is 3.17. The highest BCUT2D eigenvalue weighted by atomic mass is 31.2. The van der Waals surface area contributed by atoms with Crippen LogP contribution in [-0.2, 0) is 27.2 Å². The predicted molar refractivity (Wildman–Crippen MR) is 219 cm³/mol. The van der Waals surface area contributed by atoms with Crippen molar-refractivity contribution in [2.75, 3.05) is 5.32 Å². The summed E-state index contributed by atoms with van der Waals surface area (Å²) in [6, 6.07) is 17.3. The predicted octanol–water partition coefficient (Wildman–Crippen LogP) is 9.51. The Morgan fingerprint density at radius 3 is 2.14 bits per heavy atom. The molecule has 1 heterocycles. The molecule has 58 heavy (non-hydrogen) atoms. The molecule has 0 fully saturated rings. The van der Waals surface area contributed by atoms with Crippen LogP contribution in [-0.4, -0.2) is 38.0 Å². The van der Waals surface area contributed by atoms with E-state index in [1.165, 1.54) is 93.5 Å². The van der Waals surface area contributed by atoms with E-state index < -0.39 is 19.9 Å². The van der Waals surface area contributed by atoms with Crippen LogP contribution in [0.2, 0.25) is 0 Å². The van der Waals surface area contributed by atoms with Gasteiger partial charge in [0, 0.05) is 41.6 Å². The third kappa shape index (κ3) is 12.7. The molecule has 308 valence electrons. The van der Waals surface area contributed by atoms with Crippen LogP contribution >= 0.6 is 7.82 Å². The highest BCUT2D eigenvalue weighted by molar-refractivity contribution is 7.46. The van der Waals surface area contributed by atoms with Crippen molar-refractivity contribution in [2.24, 2.45) is 0 Å². The summed E-state index contributed by atoms with van der Waals surface area (Å²) in [5.74, 6) is -1.70. The molecule has 6 N–H and O–H groups in total. The number of unbranched alkanes of at least 4 members (excludes halogenated alkanes) is 10. The van der Waals surface area contributed by atoms with Crippen LogP contribution in [0.1, 0.15) is 105 Å². The number of nitrogens with one attached hydrogen (secondary N) is 2. The number of hydrogen-bond donors (Lipinski definition) is 6. The number of phosphoric ester groups is 1. The topological polar surface area (TPSA) is 222 Å². The van der Waals surface area contributed by atoms with Gasteiger partial charge in [0.15, 0.2) is 11.2 Å². The molecule has 0 saturated heterocycles. The number of hydrogen-bond acceptors (Lipinski definition) is 9. The van der Waals surface area contributed by atoms with Gasteiger partial charge in [-0.1, -0.05) is 89.3 Å². The number of fused-ring (bicyclic) bond motifs is 2. The number of carbonyl (C=O) groups is 3. The highest BCUT2D eigenvalue weighted by Gasteiger charge is 2.23. The standard InChI is InChI=1S/C43H49N2O12P/c1-2-3-4-5-6-7-8-9-10-11-12-13-40(48)45-36-23-29(15-21-37(36)57-58(52,53)54)27-55-43(51)44-26-28-14-18-32(35(22-28)42(49)50)41-33-19-16-30(46)24-38(33)56-39-25-31(47)17-20-34(39)41/h14-25,46H,2-13,26-27H2,1H3,(H,44,51)(H,45,48)(H,49,50)(H2,52,53,54). The number of rotatable bonds is 21. The molecule has 3 aromatic carbocycles. The van der Waals surface area contributed by atoms with Gasteiger partial charge in [-0.05, 0) is 65.6 Å². The lowest BCUT2D eigenvalue weighted by atomic mass is 9.90. The fourth-order valence-electron chi connectivity index (χ4n) is 6.75. The minimum absolute atomic E-state index is 0.0112. The van der Waals surface area contributed by atoms with Gasteiger partial charge in [0.25, 0.3) is 0 Å². The third-order valence-corrected chi connectivity index (χ3v) is 10.0. The van der Waals surface area contributed by atoms with Crippen molar-refractivity contribution in [2.45, 2.75) is 97.1 Å². The number of ether oxygens (including phenoxy) is 1. The van der Waals surface area contributed by atoms with Crippen LogP contribution < -0.4 is 20.6 Å². The van der Waals surface area contributed by atoms with Gasteiger partial charge in [-0.25, -0.2) is 14.2 Å². The molecule has 5 rings (SSSR count). The Morgan fingerprint density at radius 1 is 0.776 bits per heavy atom. The maximum Gasteiger partial charge on any atom is 0.524 e. The number of aromatic hydroxyl groups is 1. The first-order valence-corrected chi connectivity index (χ1v) is 21.0. The molecule has 0 saturated carbocycles. The maximum atomic E-state index is 12.8. The largest absolute Gasteiger partial charge is 0.524 e. The van der Waals surface area contributed by atoms with Gasteiger partial charge in [0.2, 0.25) is 5.91 Å². The summed E-state index contributed by atoms with van der Waals surface area (Å²) in [6.07, 6.45) is 11.8. The van der Waals surface area contributed by atoms with Crippen LogP contribution in [0.4, 0.5) is 10.5 Å². The van der Waals surface area contributed by atoms with Crippen molar-refractivity contribution in [3.63, 3.8) is 0 Å².